The summed E-state index contributed by atoms with van der Waals surface area (Å²) in [4.78, 5) is 0. The highest BCUT2D eigenvalue weighted by Gasteiger charge is 2.04. The van der Waals surface area contributed by atoms with Crippen LogP contribution in [0, 0.1) is 0 Å². The van der Waals surface area contributed by atoms with Gasteiger partial charge in [0.25, 0.3) is 0 Å². The average Bonchev–Trinajstić information content (AvgIpc) is 2.39. The molecule has 0 saturated carbocycles. The van der Waals surface area contributed by atoms with E-state index in [1.165, 1.54) is 21.7 Å². The fourth-order valence-corrected chi connectivity index (χ4v) is 3.12. The molecule has 0 saturated heterocycles. The van der Waals surface area contributed by atoms with Crippen LogP contribution in [-0.2, 0) is 9.47 Å². The quantitative estimate of drug-likeness (QED) is 0.299. The largest absolute Gasteiger partial charge is 0.381 e. The van der Waals surface area contributed by atoms with Crippen molar-refractivity contribution in [1.82, 2.24) is 0 Å². The Bertz CT molecular complexity index is 126. The van der Waals surface area contributed by atoms with Crippen molar-refractivity contribution < 1.29 is 9.47 Å². The first-order valence-corrected chi connectivity index (χ1v) is 10.1. The second-order valence-corrected chi connectivity index (χ2v) is 6.54. The second kappa shape index (κ2) is 19.0. The Balaban J connectivity index is 0. The van der Waals surface area contributed by atoms with Gasteiger partial charge in [0.1, 0.15) is 0 Å². The molecule has 6 heteroatoms. The van der Waals surface area contributed by atoms with Gasteiger partial charge in [0.15, 0.2) is 0 Å². The van der Waals surface area contributed by atoms with Gasteiger partial charge in [-0.3, -0.25) is 0 Å². The Morgan fingerprint density at radius 2 is 1.11 bits per heavy atom. The van der Waals surface area contributed by atoms with Crippen LogP contribution in [0.4, 0.5) is 0 Å². The first-order chi connectivity index (χ1) is 8.69. The van der Waals surface area contributed by atoms with Crippen molar-refractivity contribution >= 4 is 68.4 Å². The highest BCUT2D eigenvalue weighted by atomic mass is 127. The fourth-order valence-electron chi connectivity index (χ4n) is 1.25. The third-order valence-corrected chi connectivity index (χ3v) is 4.07. The van der Waals surface area contributed by atoms with Crippen LogP contribution in [0.3, 0.4) is 0 Å². The molecular formula is C12H24Cl2I2O2. The van der Waals surface area contributed by atoms with Crippen LogP contribution in [0.1, 0.15) is 25.7 Å². The maximum Gasteiger partial charge on any atom is 0.0594 e. The fraction of sp³-hybridized carbons (Fsp3) is 1.00. The van der Waals surface area contributed by atoms with Gasteiger partial charge in [0.05, 0.1) is 12.2 Å². The molecular weight excluding hydrogens is 501 g/mol. The molecule has 0 N–H and O–H groups in total. The molecule has 18 heavy (non-hydrogen) atoms. The van der Waals surface area contributed by atoms with E-state index in [0.717, 1.165) is 12.8 Å². The van der Waals surface area contributed by atoms with E-state index < -0.39 is 0 Å². The van der Waals surface area contributed by atoms with E-state index >= 15 is 0 Å². The van der Waals surface area contributed by atoms with E-state index in [2.05, 4.69) is 45.2 Å². The molecule has 0 aliphatic carbocycles. The molecule has 0 unspecified atom stereocenters. The maximum atomic E-state index is 5.49. The van der Waals surface area contributed by atoms with Crippen molar-refractivity contribution in [2.24, 2.45) is 0 Å². The molecule has 112 valence electrons. The van der Waals surface area contributed by atoms with E-state index in [4.69, 9.17) is 32.7 Å². The van der Waals surface area contributed by atoms with Crippen LogP contribution in [0.5, 0.6) is 0 Å². The van der Waals surface area contributed by atoms with Crippen molar-refractivity contribution in [2.75, 3.05) is 34.8 Å². The van der Waals surface area contributed by atoms with Crippen LogP contribution >= 0.6 is 68.4 Å². The molecule has 0 spiro atoms. The van der Waals surface area contributed by atoms with E-state index in [0.29, 0.717) is 17.9 Å². The lowest BCUT2D eigenvalue weighted by molar-refractivity contribution is 0.0978. The highest BCUT2D eigenvalue weighted by Crippen LogP contribution is 2.06. The molecule has 2 nitrogen and oxygen atoms in total. The molecule has 0 bridgehead atoms. The predicted molar refractivity (Wildman–Crippen MR) is 99.3 cm³/mol. The predicted octanol–water partition coefficient (Wildman–Crippen LogP) is 4.91. The topological polar surface area (TPSA) is 18.5 Å². The van der Waals surface area contributed by atoms with E-state index in [1.54, 1.807) is 14.2 Å². The Kier molecular flexibility index (Phi) is 23.4. The molecule has 0 radical (unpaired) electrons. The van der Waals surface area contributed by atoms with Gasteiger partial charge in [0.2, 0.25) is 0 Å². The third kappa shape index (κ3) is 16.0. The second-order valence-electron chi connectivity index (χ2n) is 3.63. The van der Waals surface area contributed by atoms with E-state index in [1.807, 2.05) is 0 Å². The summed E-state index contributed by atoms with van der Waals surface area (Å²) in [5, 5.41) is 0. The van der Waals surface area contributed by atoms with Crippen molar-refractivity contribution in [3.8, 4) is 0 Å². The number of methoxy groups -OCH3 is 2. The van der Waals surface area contributed by atoms with Gasteiger partial charge in [-0.25, -0.2) is 0 Å². The number of halogens is 4. The van der Waals surface area contributed by atoms with Crippen molar-refractivity contribution in [2.45, 2.75) is 37.9 Å². The maximum absolute atomic E-state index is 5.49. The summed E-state index contributed by atoms with van der Waals surface area (Å²) in [6.07, 6.45) is 4.93. The lowest BCUT2D eigenvalue weighted by Gasteiger charge is -2.10. The molecule has 0 atom stereocenters. The number of ether oxygens (including phenoxy) is 2. The molecule has 0 aromatic rings. The van der Waals surface area contributed by atoms with Crippen LogP contribution < -0.4 is 0 Å². The standard InChI is InChI=1S/C6H12Cl2O.C6H12I2O/c2*1-9-6(2-4-7)3-5-8/h2*6H,2-5H2,1H3. The summed E-state index contributed by atoms with van der Waals surface area (Å²) in [5.74, 6) is 1.30. The van der Waals surface area contributed by atoms with Crippen molar-refractivity contribution in [1.29, 1.82) is 0 Å². The monoisotopic (exact) mass is 524 g/mol. The van der Waals surface area contributed by atoms with E-state index in [-0.39, 0.29) is 6.10 Å². The van der Waals surface area contributed by atoms with Crippen LogP contribution in [-0.4, -0.2) is 47.0 Å². The van der Waals surface area contributed by atoms with Gasteiger partial charge in [0, 0.05) is 34.8 Å². The smallest absolute Gasteiger partial charge is 0.0594 e. The number of hydrogen-bond donors (Lipinski definition) is 0. The third-order valence-electron chi connectivity index (χ3n) is 2.39. The summed E-state index contributed by atoms with van der Waals surface area (Å²) >= 11 is 15.7. The molecule has 0 aromatic carbocycles. The summed E-state index contributed by atoms with van der Waals surface area (Å²) < 4.78 is 12.7. The van der Waals surface area contributed by atoms with Crippen LogP contribution in [0.2, 0.25) is 0 Å². The molecule has 0 rings (SSSR count). The summed E-state index contributed by atoms with van der Waals surface area (Å²) in [6, 6.07) is 0. The molecule has 0 aliphatic heterocycles. The Hall–Kier alpha value is 1.96. The summed E-state index contributed by atoms with van der Waals surface area (Å²) in [5.41, 5.74) is 0. The highest BCUT2D eigenvalue weighted by molar-refractivity contribution is 14.1. The molecule has 0 aromatic heterocycles. The molecule has 0 amide bonds. The molecule has 0 heterocycles. The van der Waals surface area contributed by atoms with Gasteiger partial charge in [-0.1, -0.05) is 45.2 Å². The van der Waals surface area contributed by atoms with Gasteiger partial charge in [-0.15, -0.1) is 23.2 Å². The van der Waals surface area contributed by atoms with Gasteiger partial charge in [-0.2, -0.15) is 0 Å². The summed E-state index contributed by atoms with van der Waals surface area (Å²) in [6.45, 7) is 0. The lowest BCUT2D eigenvalue weighted by Crippen LogP contribution is -2.11. The molecule has 0 fully saturated rings. The summed E-state index contributed by atoms with van der Waals surface area (Å²) in [7, 11) is 3.48. The number of rotatable bonds is 10. The first kappa shape index (κ1) is 22.2. The van der Waals surface area contributed by atoms with Gasteiger partial charge in [-0.05, 0) is 25.7 Å². The average molecular weight is 525 g/mol. The zero-order valence-electron chi connectivity index (χ0n) is 11.1. The zero-order chi connectivity index (χ0) is 14.2. The van der Waals surface area contributed by atoms with Crippen molar-refractivity contribution in [3.63, 3.8) is 0 Å². The van der Waals surface area contributed by atoms with E-state index in [9.17, 15) is 0 Å². The minimum Gasteiger partial charge on any atom is -0.381 e. The lowest BCUT2D eigenvalue weighted by atomic mass is 10.2. The normalized spacial score (nSPS) is 10.7. The molecule has 0 aliphatic rings. The van der Waals surface area contributed by atoms with Crippen LogP contribution in [0.25, 0.3) is 0 Å². The Morgan fingerprint density at radius 1 is 0.778 bits per heavy atom. The number of alkyl halides is 4. The Labute approximate surface area is 149 Å². The van der Waals surface area contributed by atoms with Crippen molar-refractivity contribution in [3.05, 3.63) is 0 Å². The first-order valence-electron chi connectivity index (χ1n) is 5.99. The minimum absolute atomic E-state index is 0.250. The zero-order valence-corrected chi connectivity index (χ0v) is 17.0. The SMILES string of the molecule is COC(CCCl)CCCl.COC(CCI)CCI. The van der Waals surface area contributed by atoms with Crippen LogP contribution in [0.15, 0.2) is 0 Å². The minimum atomic E-state index is 0.250. The van der Waals surface area contributed by atoms with Gasteiger partial charge >= 0.3 is 0 Å². The Morgan fingerprint density at radius 3 is 1.33 bits per heavy atom. The van der Waals surface area contributed by atoms with Gasteiger partial charge < -0.3 is 9.47 Å². The number of hydrogen-bond acceptors (Lipinski definition) is 2.